The highest BCUT2D eigenvalue weighted by atomic mass is 16.3. The Morgan fingerprint density at radius 2 is 1.36 bits per heavy atom. The molecular formula is C53H42N2O. The van der Waals surface area contributed by atoms with Crippen molar-refractivity contribution in [3.63, 3.8) is 0 Å². The Morgan fingerprint density at radius 1 is 0.607 bits per heavy atom. The third-order valence-corrected chi connectivity index (χ3v) is 12.4. The smallest absolute Gasteiger partial charge is 0.135 e. The molecule has 2 aliphatic rings. The first kappa shape index (κ1) is 32.8. The maximum atomic E-state index is 6.34. The van der Waals surface area contributed by atoms with E-state index in [4.69, 9.17) is 4.42 Å². The number of furan rings is 1. The summed E-state index contributed by atoms with van der Waals surface area (Å²) >= 11 is 0. The molecule has 0 bridgehead atoms. The monoisotopic (exact) mass is 722 g/mol. The van der Waals surface area contributed by atoms with E-state index in [1.165, 1.54) is 71.7 Å². The van der Waals surface area contributed by atoms with Gasteiger partial charge in [0.25, 0.3) is 0 Å². The van der Waals surface area contributed by atoms with Crippen molar-refractivity contribution in [1.82, 2.24) is 4.57 Å². The number of nitrogens with zero attached hydrogens (tertiary/aromatic N) is 2. The molecular weight excluding hydrogens is 681 g/mol. The second-order valence-corrected chi connectivity index (χ2v) is 16.4. The van der Waals surface area contributed by atoms with Crippen molar-refractivity contribution in [3.05, 3.63) is 186 Å². The lowest BCUT2D eigenvalue weighted by molar-refractivity contribution is 0.513. The van der Waals surface area contributed by atoms with Gasteiger partial charge in [0, 0.05) is 56.3 Å². The predicted molar refractivity (Wildman–Crippen MR) is 235 cm³/mol. The summed E-state index contributed by atoms with van der Waals surface area (Å²) in [6.07, 6.45) is 5.49. The number of rotatable bonds is 5. The number of fused-ring (bicyclic) bond motifs is 9. The first-order valence-electron chi connectivity index (χ1n) is 19.8. The highest BCUT2D eigenvalue weighted by molar-refractivity contribution is 6.11. The van der Waals surface area contributed by atoms with Gasteiger partial charge in [-0.1, -0.05) is 117 Å². The summed E-state index contributed by atoms with van der Waals surface area (Å²) in [6.45, 7) is 9.10. The molecule has 0 radical (unpaired) electrons. The second-order valence-electron chi connectivity index (χ2n) is 16.4. The van der Waals surface area contributed by atoms with Crippen molar-refractivity contribution in [2.24, 2.45) is 5.92 Å². The molecule has 3 heteroatoms. The Bertz CT molecular complexity index is 3060. The summed E-state index contributed by atoms with van der Waals surface area (Å²) in [7, 11) is 0. The third-order valence-electron chi connectivity index (χ3n) is 12.4. The first-order chi connectivity index (χ1) is 27.3. The maximum Gasteiger partial charge on any atom is 0.135 e. The number of benzene rings is 7. The van der Waals surface area contributed by atoms with Crippen LogP contribution < -0.4 is 4.90 Å². The van der Waals surface area contributed by atoms with E-state index >= 15 is 0 Å². The van der Waals surface area contributed by atoms with Gasteiger partial charge in [0.15, 0.2) is 0 Å². The van der Waals surface area contributed by atoms with Crippen molar-refractivity contribution in [1.29, 1.82) is 0 Å². The molecule has 0 spiro atoms. The van der Waals surface area contributed by atoms with Gasteiger partial charge in [-0.2, -0.15) is 0 Å². The summed E-state index contributed by atoms with van der Waals surface area (Å²) < 4.78 is 8.75. The van der Waals surface area contributed by atoms with Gasteiger partial charge in [0.2, 0.25) is 0 Å². The van der Waals surface area contributed by atoms with Gasteiger partial charge in [-0.15, -0.1) is 0 Å². The van der Waals surface area contributed by atoms with Crippen LogP contribution in [0.3, 0.4) is 0 Å². The van der Waals surface area contributed by atoms with E-state index in [-0.39, 0.29) is 5.41 Å². The van der Waals surface area contributed by atoms with Gasteiger partial charge < -0.3 is 13.9 Å². The van der Waals surface area contributed by atoms with Crippen LogP contribution in [0.2, 0.25) is 0 Å². The van der Waals surface area contributed by atoms with E-state index in [2.05, 4.69) is 201 Å². The Hall–Kier alpha value is -6.58. The molecule has 0 aliphatic heterocycles. The van der Waals surface area contributed by atoms with Crippen LogP contribution in [0.25, 0.3) is 66.8 Å². The lowest BCUT2D eigenvalue weighted by Crippen LogP contribution is -2.16. The summed E-state index contributed by atoms with van der Waals surface area (Å²) in [4.78, 5) is 2.41. The fraction of sp³-hybridized carbons (Fsp3) is 0.132. The van der Waals surface area contributed by atoms with E-state index in [9.17, 15) is 0 Å². The minimum absolute atomic E-state index is 0.0866. The van der Waals surface area contributed by atoms with Crippen molar-refractivity contribution < 1.29 is 4.42 Å². The van der Waals surface area contributed by atoms with Gasteiger partial charge in [-0.05, 0) is 119 Å². The molecule has 11 rings (SSSR count). The number of anilines is 3. The fourth-order valence-electron chi connectivity index (χ4n) is 9.48. The Morgan fingerprint density at radius 3 is 2.25 bits per heavy atom. The largest absolute Gasteiger partial charge is 0.460 e. The van der Waals surface area contributed by atoms with Crippen LogP contribution in [0.5, 0.6) is 0 Å². The minimum Gasteiger partial charge on any atom is -0.460 e. The molecule has 0 amide bonds. The molecule has 1 atom stereocenters. The topological polar surface area (TPSA) is 21.3 Å². The molecule has 2 aromatic heterocycles. The van der Waals surface area contributed by atoms with Crippen LogP contribution in [0, 0.1) is 12.8 Å². The lowest BCUT2D eigenvalue weighted by atomic mass is 9.82. The molecule has 3 nitrogen and oxygen atoms in total. The normalized spacial score (nSPS) is 15.3. The minimum atomic E-state index is -0.0866. The van der Waals surface area contributed by atoms with E-state index < -0.39 is 0 Å². The van der Waals surface area contributed by atoms with Crippen LogP contribution >= 0.6 is 0 Å². The Labute approximate surface area is 327 Å². The summed E-state index contributed by atoms with van der Waals surface area (Å²) in [5.41, 5.74) is 18.1. The number of para-hydroxylation sites is 1. The number of aryl methyl sites for hydroxylation is 1. The maximum absolute atomic E-state index is 6.34. The van der Waals surface area contributed by atoms with E-state index in [0.717, 1.165) is 40.5 Å². The SMILES string of the molecule is Cc1ccc(N(c2cccc(-c3ccc4c(c3)c3ccccc3n4-c3ccc4oc5c(c4c3)C=CC(C)C5)c2)c2ccc3c(c2)C(C)(C)c2ccccc2-3)cc1. The summed E-state index contributed by atoms with van der Waals surface area (Å²) in [5, 5.41) is 3.66. The highest BCUT2D eigenvalue weighted by Gasteiger charge is 2.35. The zero-order valence-corrected chi connectivity index (χ0v) is 32.2. The second kappa shape index (κ2) is 12.2. The van der Waals surface area contributed by atoms with Gasteiger partial charge in [0.1, 0.15) is 11.3 Å². The quantitative estimate of drug-likeness (QED) is 0.176. The van der Waals surface area contributed by atoms with Crippen LogP contribution in [-0.4, -0.2) is 4.57 Å². The molecule has 2 heterocycles. The number of allylic oxidation sites excluding steroid dienone is 1. The van der Waals surface area contributed by atoms with Crippen molar-refractivity contribution in [2.45, 2.75) is 39.5 Å². The zero-order valence-electron chi connectivity index (χ0n) is 32.2. The molecule has 0 N–H and O–H groups in total. The molecule has 7 aromatic carbocycles. The molecule has 0 saturated carbocycles. The average Bonchev–Trinajstić information content (AvgIpc) is 3.83. The summed E-state index contributed by atoms with van der Waals surface area (Å²) in [5.74, 6) is 1.58. The standard InChI is InChI=1S/C53H42N2O/c1-33-16-20-37(21-17-33)54(40-22-25-42-41-12-5-7-14-47(41)53(3,4)48(42)32-40)38-11-9-10-35(29-38)36-19-26-50-45(30-36)43-13-6-8-15-49(43)55(50)39-23-27-51-46(31-39)44-24-18-34(2)28-52(44)56-51/h5-27,29-32,34H,28H2,1-4H3. The van der Waals surface area contributed by atoms with Gasteiger partial charge >= 0.3 is 0 Å². The number of hydrogen-bond acceptors (Lipinski definition) is 2. The van der Waals surface area contributed by atoms with Crippen molar-refractivity contribution >= 4 is 55.9 Å². The van der Waals surface area contributed by atoms with Crippen molar-refractivity contribution in [2.75, 3.05) is 4.90 Å². The van der Waals surface area contributed by atoms with Crippen LogP contribution in [-0.2, 0) is 11.8 Å². The average molecular weight is 723 g/mol. The van der Waals surface area contributed by atoms with E-state index in [1.807, 2.05) is 0 Å². The molecule has 0 saturated heterocycles. The van der Waals surface area contributed by atoms with Crippen LogP contribution in [0.4, 0.5) is 17.1 Å². The van der Waals surface area contributed by atoms with Crippen molar-refractivity contribution in [3.8, 4) is 27.9 Å². The van der Waals surface area contributed by atoms with Crippen LogP contribution in [0.1, 0.15) is 48.8 Å². The molecule has 1 unspecified atom stereocenters. The Kier molecular flexibility index (Phi) is 7.16. The number of hydrogen-bond donors (Lipinski definition) is 0. The highest BCUT2D eigenvalue weighted by Crippen LogP contribution is 2.51. The number of aromatic nitrogens is 1. The molecule has 9 aromatic rings. The van der Waals surface area contributed by atoms with E-state index in [1.54, 1.807) is 0 Å². The lowest BCUT2D eigenvalue weighted by Gasteiger charge is -2.28. The molecule has 0 fully saturated rings. The fourth-order valence-corrected chi connectivity index (χ4v) is 9.48. The first-order valence-corrected chi connectivity index (χ1v) is 19.8. The summed E-state index contributed by atoms with van der Waals surface area (Å²) in [6, 6.07) is 56.2. The molecule has 270 valence electrons. The van der Waals surface area contributed by atoms with Crippen LogP contribution in [0.15, 0.2) is 162 Å². The van der Waals surface area contributed by atoms with E-state index in [0.29, 0.717) is 5.92 Å². The van der Waals surface area contributed by atoms with Gasteiger partial charge in [-0.3, -0.25) is 0 Å². The molecule has 2 aliphatic carbocycles. The Balaban J connectivity index is 1.03. The predicted octanol–water partition coefficient (Wildman–Crippen LogP) is 14.5. The molecule has 56 heavy (non-hydrogen) atoms. The third kappa shape index (κ3) is 4.97. The van der Waals surface area contributed by atoms with Gasteiger partial charge in [-0.25, -0.2) is 0 Å². The van der Waals surface area contributed by atoms with Gasteiger partial charge in [0.05, 0.1) is 11.0 Å². The zero-order chi connectivity index (χ0) is 37.7.